The standard InChI is InChI=1S/C23H30N4O4/c1-16(2)14-24-22(29)18-6-4-5-7-19(18)25-21(28)15-26-10-12-27(13-11-26)23(30)20-9-8-17(3)31-20/h4-9,16H,10-15H2,1-3H3,(H,24,29)(H,25,28). The number of nitrogens with zero attached hydrogens (tertiary/aromatic N) is 2. The van der Waals surface area contributed by atoms with Crippen LogP contribution in [0.5, 0.6) is 0 Å². The van der Waals surface area contributed by atoms with Gasteiger partial charge in [0.1, 0.15) is 5.76 Å². The van der Waals surface area contributed by atoms with Crippen molar-refractivity contribution in [3.63, 3.8) is 0 Å². The highest BCUT2D eigenvalue weighted by Crippen LogP contribution is 2.16. The minimum absolute atomic E-state index is 0.126. The van der Waals surface area contributed by atoms with E-state index in [0.717, 1.165) is 0 Å². The van der Waals surface area contributed by atoms with E-state index in [1.807, 2.05) is 18.7 Å². The van der Waals surface area contributed by atoms with Crippen LogP contribution in [0.25, 0.3) is 0 Å². The number of anilines is 1. The molecule has 1 fully saturated rings. The molecule has 0 radical (unpaired) electrons. The first-order chi connectivity index (χ1) is 14.8. The third kappa shape index (κ3) is 6.18. The number of piperazine rings is 1. The molecule has 1 aromatic carbocycles. The predicted octanol–water partition coefficient (Wildman–Crippen LogP) is 2.37. The molecule has 31 heavy (non-hydrogen) atoms. The molecule has 0 bridgehead atoms. The minimum Gasteiger partial charge on any atom is -0.456 e. The lowest BCUT2D eigenvalue weighted by Crippen LogP contribution is -2.50. The fourth-order valence-electron chi connectivity index (χ4n) is 3.39. The van der Waals surface area contributed by atoms with Gasteiger partial charge in [-0.15, -0.1) is 0 Å². The summed E-state index contributed by atoms with van der Waals surface area (Å²) in [5.41, 5.74) is 0.941. The molecule has 0 unspecified atom stereocenters. The Hall–Kier alpha value is -3.13. The van der Waals surface area contributed by atoms with E-state index < -0.39 is 0 Å². The predicted molar refractivity (Wildman–Crippen MR) is 118 cm³/mol. The number of furan rings is 1. The molecular formula is C23H30N4O4. The summed E-state index contributed by atoms with van der Waals surface area (Å²) in [5.74, 6) is 0.870. The monoisotopic (exact) mass is 426 g/mol. The van der Waals surface area contributed by atoms with Crippen LogP contribution in [0.4, 0.5) is 5.69 Å². The lowest BCUT2D eigenvalue weighted by atomic mass is 10.1. The summed E-state index contributed by atoms with van der Waals surface area (Å²) >= 11 is 0. The third-order valence-corrected chi connectivity index (χ3v) is 5.09. The Kier molecular flexibility index (Phi) is 7.46. The summed E-state index contributed by atoms with van der Waals surface area (Å²) in [6.07, 6.45) is 0. The van der Waals surface area contributed by atoms with E-state index in [1.165, 1.54) is 0 Å². The maximum Gasteiger partial charge on any atom is 0.289 e. The Balaban J connectivity index is 1.51. The van der Waals surface area contributed by atoms with Crippen molar-refractivity contribution >= 4 is 23.4 Å². The van der Waals surface area contributed by atoms with E-state index in [0.29, 0.717) is 61.4 Å². The molecule has 3 rings (SSSR count). The Labute approximate surface area is 182 Å². The van der Waals surface area contributed by atoms with Crippen LogP contribution in [0, 0.1) is 12.8 Å². The number of benzene rings is 1. The maximum atomic E-state index is 12.6. The molecule has 1 aliphatic heterocycles. The second kappa shape index (κ2) is 10.3. The van der Waals surface area contributed by atoms with Gasteiger partial charge in [0.05, 0.1) is 17.8 Å². The summed E-state index contributed by atoms with van der Waals surface area (Å²) in [7, 11) is 0. The van der Waals surface area contributed by atoms with Gasteiger partial charge < -0.3 is 20.0 Å². The van der Waals surface area contributed by atoms with Gasteiger partial charge in [0, 0.05) is 32.7 Å². The van der Waals surface area contributed by atoms with E-state index in [9.17, 15) is 14.4 Å². The first-order valence-electron chi connectivity index (χ1n) is 10.6. The van der Waals surface area contributed by atoms with Gasteiger partial charge in [-0.25, -0.2) is 0 Å². The van der Waals surface area contributed by atoms with Gasteiger partial charge in [-0.3, -0.25) is 19.3 Å². The topological polar surface area (TPSA) is 94.9 Å². The van der Waals surface area contributed by atoms with Gasteiger partial charge in [-0.05, 0) is 37.1 Å². The number of carbonyl (C=O) groups is 3. The fourth-order valence-corrected chi connectivity index (χ4v) is 3.39. The first kappa shape index (κ1) is 22.6. The third-order valence-electron chi connectivity index (χ3n) is 5.09. The Bertz CT molecular complexity index is 929. The van der Waals surface area contributed by atoms with Crippen LogP contribution in [0.3, 0.4) is 0 Å². The molecule has 3 amide bonds. The second-order valence-electron chi connectivity index (χ2n) is 8.18. The van der Waals surface area contributed by atoms with Crippen molar-refractivity contribution in [1.82, 2.24) is 15.1 Å². The Morgan fingerprint density at radius 3 is 2.39 bits per heavy atom. The summed E-state index contributed by atoms with van der Waals surface area (Å²) in [6, 6.07) is 10.4. The van der Waals surface area contributed by atoms with Crippen LogP contribution in [0.2, 0.25) is 0 Å². The number of hydrogen-bond donors (Lipinski definition) is 2. The Morgan fingerprint density at radius 2 is 1.74 bits per heavy atom. The average Bonchev–Trinajstić information content (AvgIpc) is 3.18. The molecule has 2 heterocycles. The van der Waals surface area contributed by atoms with Crippen molar-refractivity contribution < 1.29 is 18.8 Å². The molecule has 0 saturated carbocycles. The zero-order valence-electron chi connectivity index (χ0n) is 18.3. The summed E-state index contributed by atoms with van der Waals surface area (Å²) in [4.78, 5) is 41.2. The molecule has 1 saturated heterocycles. The van der Waals surface area contributed by atoms with Crippen molar-refractivity contribution in [3.05, 3.63) is 53.5 Å². The average molecular weight is 427 g/mol. The van der Waals surface area contributed by atoms with Crippen LogP contribution in [-0.2, 0) is 4.79 Å². The number of rotatable bonds is 7. The first-order valence-corrected chi connectivity index (χ1v) is 10.6. The summed E-state index contributed by atoms with van der Waals surface area (Å²) in [5, 5.41) is 5.73. The second-order valence-corrected chi connectivity index (χ2v) is 8.18. The van der Waals surface area contributed by atoms with Crippen LogP contribution < -0.4 is 10.6 Å². The van der Waals surface area contributed by atoms with E-state index >= 15 is 0 Å². The van der Waals surface area contributed by atoms with Crippen molar-refractivity contribution in [1.29, 1.82) is 0 Å². The van der Waals surface area contributed by atoms with Crippen molar-refractivity contribution in [2.45, 2.75) is 20.8 Å². The maximum absolute atomic E-state index is 12.6. The van der Waals surface area contributed by atoms with E-state index in [2.05, 4.69) is 10.6 Å². The molecule has 1 aliphatic rings. The van der Waals surface area contributed by atoms with Crippen molar-refractivity contribution in [2.24, 2.45) is 5.92 Å². The van der Waals surface area contributed by atoms with Crippen molar-refractivity contribution in [2.75, 3.05) is 44.6 Å². The number of para-hydroxylation sites is 1. The lowest BCUT2D eigenvalue weighted by Gasteiger charge is -2.33. The fraction of sp³-hybridized carbons (Fsp3) is 0.435. The Morgan fingerprint density at radius 1 is 1.03 bits per heavy atom. The van der Waals surface area contributed by atoms with Crippen LogP contribution >= 0.6 is 0 Å². The molecule has 8 nitrogen and oxygen atoms in total. The van der Waals surface area contributed by atoms with Gasteiger partial charge in [0.2, 0.25) is 5.91 Å². The van der Waals surface area contributed by atoms with E-state index in [4.69, 9.17) is 4.42 Å². The molecule has 2 N–H and O–H groups in total. The van der Waals surface area contributed by atoms with Crippen LogP contribution in [-0.4, -0.2) is 66.8 Å². The van der Waals surface area contributed by atoms with Gasteiger partial charge in [0.25, 0.3) is 11.8 Å². The van der Waals surface area contributed by atoms with Gasteiger partial charge >= 0.3 is 0 Å². The number of nitrogens with one attached hydrogen (secondary N) is 2. The number of hydrogen-bond acceptors (Lipinski definition) is 5. The molecule has 1 aromatic heterocycles. The van der Waals surface area contributed by atoms with Gasteiger partial charge in [-0.2, -0.15) is 0 Å². The van der Waals surface area contributed by atoms with E-state index in [1.54, 1.807) is 48.2 Å². The molecule has 166 valence electrons. The highest BCUT2D eigenvalue weighted by atomic mass is 16.3. The molecule has 2 aromatic rings. The SMILES string of the molecule is Cc1ccc(C(=O)N2CCN(CC(=O)Nc3ccccc3C(=O)NCC(C)C)CC2)o1. The number of aryl methyl sites for hydroxylation is 1. The van der Waals surface area contributed by atoms with Gasteiger partial charge in [-0.1, -0.05) is 26.0 Å². The summed E-state index contributed by atoms with van der Waals surface area (Å²) < 4.78 is 5.42. The molecule has 8 heteroatoms. The molecule has 0 aliphatic carbocycles. The minimum atomic E-state index is -0.204. The number of carbonyl (C=O) groups excluding carboxylic acids is 3. The van der Waals surface area contributed by atoms with Crippen LogP contribution in [0.1, 0.15) is 40.5 Å². The molecular weight excluding hydrogens is 396 g/mol. The number of amides is 3. The highest BCUT2D eigenvalue weighted by Gasteiger charge is 2.25. The van der Waals surface area contributed by atoms with Gasteiger partial charge in [0.15, 0.2) is 5.76 Å². The zero-order chi connectivity index (χ0) is 22.4. The quantitative estimate of drug-likeness (QED) is 0.709. The van der Waals surface area contributed by atoms with Crippen molar-refractivity contribution in [3.8, 4) is 0 Å². The summed E-state index contributed by atoms with van der Waals surface area (Å²) in [6.45, 7) is 8.86. The normalized spacial score (nSPS) is 14.5. The smallest absolute Gasteiger partial charge is 0.289 e. The molecule has 0 spiro atoms. The van der Waals surface area contributed by atoms with Crippen LogP contribution in [0.15, 0.2) is 40.8 Å². The lowest BCUT2D eigenvalue weighted by molar-refractivity contribution is -0.117. The van der Waals surface area contributed by atoms with E-state index in [-0.39, 0.29) is 24.3 Å². The molecule has 0 atom stereocenters. The highest BCUT2D eigenvalue weighted by molar-refractivity contribution is 6.04. The largest absolute Gasteiger partial charge is 0.456 e. The zero-order valence-corrected chi connectivity index (χ0v) is 18.3.